The number of fused-ring (bicyclic) bond motifs is 7. The van der Waals surface area contributed by atoms with Crippen LogP contribution >= 0.6 is 0 Å². The molecule has 2 unspecified atom stereocenters. The van der Waals surface area contributed by atoms with Gasteiger partial charge in [0.15, 0.2) is 0 Å². The molecular weight excluding hydrogens is 584 g/mol. The van der Waals surface area contributed by atoms with E-state index in [1.54, 1.807) is 14.2 Å². The molecule has 2 fully saturated rings. The summed E-state index contributed by atoms with van der Waals surface area (Å²) >= 11 is 0. The molecule has 7 rings (SSSR count). The number of amides is 2. The van der Waals surface area contributed by atoms with E-state index in [1.165, 1.54) is 52.6 Å². The number of ether oxygens (including phenoxy) is 1. The third kappa shape index (κ3) is 5.39. The predicted molar refractivity (Wildman–Crippen MR) is 187 cm³/mol. The second kappa shape index (κ2) is 12.6. The summed E-state index contributed by atoms with van der Waals surface area (Å²) in [5.41, 5.74) is 8.18. The molecule has 3 aliphatic rings. The highest BCUT2D eigenvalue weighted by Gasteiger charge is 2.64. The lowest BCUT2D eigenvalue weighted by molar-refractivity contribution is -0.135. The third-order valence-electron chi connectivity index (χ3n) is 10.9. The standard InChI is InChI=1S/C40H46N4O3/c1-5-43(26(2)23-42-24-27-12-8-6-9-13-27)39(46)40-22-34(40)33-21-30(47-4)17-19-31(33)37-36(28-14-10-7-11-15-28)32-18-16-29(38(45)41-3)20-35(32)44(37)25-40/h6,8-9,12-13,16-21,23,28,34,42H,5,7,10-11,14-15,22,24-25H2,1-4H3,(H,41,45)/b26-23+. The number of hydrogen-bond donors (Lipinski definition) is 2. The summed E-state index contributed by atoms with van der Waals surface area (Å²) in [6.07, 6.45) is 8.80. The molecule has 7 heteroatoms. The lowest BCUT2D eigenvalue weighted by atomic mass is 9.81. The number of nitrogens with zero attached hydrogens (tertiary/aromatic N) is 2. The van der Waals surface area contributed by atoms with Crippen LogP contribution in [0.1, 0.15) is 91.3 Å². The fourth-order valence-electron chi connectivity index (χ4n) is 8.38. The van der Waals surface area contributed by atoms with Gasteiger partial charge < -0.3 is 24.8 Å². The van der Waals surface area contributed by atoms with Crippen molar-refractivity contribution in [2.75, 3.05) is 20.7 Å². The minimum atomic E-state index is -0.601. The Balaban J connectivity index is 1.36. The van der Waals surface area contributed by atoms with E-state index in [1.807, 2.05) is 48.4 Å². The van der Waals surface area contributed by atoms with Crippen molar-refractivity contribution in [2.45, 2.75) is 77.3 Å². The summed E-state index contributed by atoms with van der Waals surface area (Å²) in [5.74, 6) is 1.39. The summed E-state index contributed by atoms with van der Waals surface area (Å²) in [4.78, 5) is 29.7. The van der Waals surface area contributed by atoms with E-state index in [9.17, 15) is 9.59 Å². The fourth-order valence-corrected chi connectivity index (χ4v) is 8.38. The first-order valence-corrected chi connectivity index (χ1v) is 17.2. The van der Waals surface area contributed by atoms with Crippen LogP contribution < -0.4 is 15.4 Å². The molecule has 7 nitrogen and oxygen atoms in total. The molecule has 2 N–H and O–H groups in total. The Morgan fingerprint density at radius 1 is 1.04 bits per heavy atom. The maximum Gasteiger partial charge on any atom is 0.251 e. The van der Waals surface area contributed by atoms with Gasteiger partial charge in [0, 0.05) is 66.5 Å². The van der Waals surface area contributed by atoms with Crippen molar-refractivity contribution < 1.29 is 14.3 Å². The van der Waals surface area contributed by atoms with E-state index in [4.69, 9.17) is 4.74 Å². The van der Waals surface area contributed by atoms with Gasteiger partial charge in [0.2, 0.25) is 5.91 Å². The number of carbonyl (C=O) groups excluding carboxylic acids is 2. The van der Waals surface area contributed by atoms with Crippen LogP contribution in [-0.4, -0.2) is 42.0 Å². The van der Waals surface area contributed by atoms with Crippen molar-refractivity contribution in [1.82, 2.24) is 20.1 Å². The molecule has 0 spiro atoms. The van der Waals surface area contributed by atoms with Gasteiger partial charge in [0.25, 0.3) is 5.91 Å². The Hall–Kier alpha value is -4.52. The molecule has 3 aromatic carbocycles. The Kier molecular flexibility index (Phi) is 8.33. The van der Waals surface area contributed by atoms with Crippen LogP contribution in [0.2, 0.25) is 0 Å². The molecule has 4 aromatic rings. The molecule has 2 heterocycles. The van der Waals surface area contributed by atoms with Crippen LogP contribution in [0, 0.1) is 5.41 Å². The van der Waals surface area contributed by atoms with E-state index in [0.29, 0.717) is 31.1 Å². The smallest absolute Gasteiger partial charge is 0.251 e. The Morgan fingerprint density at radius 3 is 2.55 bits per heavy atom. The molecule has 0 saturated heterocycles. The van der Waals surface area contributed by atoms with Crippen molar-refractivity contribution in [3.63, 3.8) is 0 Å². The molecule has 47 heavy (non-hydrogen) atoms. The molecule has 0 bridgehead atoms. The minimum Gasteiger partial charge on any atom is -0.497 e. The second-order valence-electron chi connectivity index (χ2n) is 13.6. The lowest BCUT2D eigenvalue weighted by Crippen LogP contribution is -2.39. The van der Waals surface area contributed by atoms with Crippen LogP contribution in [0.25, 0.3) is 22.2 Å². The number of aromatic nitrogens is 1. The summed E-state index contributed by atoms with van der Waals surface area (Å²) in [7, 11) is 3.39. The highest BCUT2D eigenvalue weighted by molar-refractivity contribution is 6.02. The van der Waals surface area contributed by atoms with Gasteiger partial charge in [0.1, 0.15) is 5.75 Å². The van der Waals surface area contributed by atoms with E-state index in [2.05, 4.69) is 58.5 Å². The number of rotatable bonds is 9. The Morgan fingerprint density at radius 2 is 1.83 bits per heavy atom. The van der Waals surface area contributed by atoms with E-state index in [-0.39, 0.29) is 17.7 Å². The van der Waals surface area contributed by atoms with Gasteiger partial charge in [-0.05, 0) is 86.1 Å². The molecule has 244 valence electrons. The van der Waals surface area contributed by atoms with Crippen molar-refractivity contribution in [1.29, 1.82) is 0 Å². The van der Waals surface area contributed by atoms with Crippen LogP contribution in [0.5, 0.6) is 5.75 Å². The van der Waals surface area contributed by atoms with Gasteiger partial charge in [-0.25, -0.2) is 0 Å². The van der Waals surface area contributed by atoms with Crippen LogP contribution in [-0.2, 0) is 17.9 Å². The number of methoxy groups -OCH3 is 1. The van der Waals surface area contributed by atoms with E-state index < -0.39 is 5.41 Å². The predicted octanol–water partition coefficient (Wildman–Crippen LogP) is 7.71. The molecular formula is C40H46N4O3. The largest absolute Gasteiger partial charge is 0.497 e. The zero-order valence-corrected chi connectivity index (χ0v) is 28.1. The summed E-state index contributed by atoms with van der Waals surface area (Å²) in [6.45, 7) is 5.93. The average molecular weight is 631 g/mol. The van der Waals surface area contributed by atoms with Gasteiger partial charge in [-0.15, -0.1) is 0 Å². The molecule has 1 aromatic heterocycles. The maximum absolute atomic E-state index is 14.9. The van der Waals surface area contributed by atoms with Crippen molar-refractivity contribution in [2.24, 2.45) is 5.41 Å². The number of allylic oxidation sites excluding steroid dienone is 1. The molecule has 2 saturated carbocycles. The van der Waals surface area contributed by atoms with Crippen LogP contribution in [0.15, 0.2) is 78.6 Å². The number of carbonyl (C=O) groups is 2. The van der Waals surface area contributed by atoms with Gasteiger partial charge in [0.05, 0.1) is 18.2 Å². The lowest BCUT2D eigenvalue weighted by Gasteiger charge is -2.28. The van der Waals surface area contributed by atoms with Gasteiger partial charge in [-0.1, -0.05) is 55.7 Å². The fraction of sp³-hybridized carbons (Fsp3) is 0.400. The number of hydrogen-bond acceptors (Lipinski definition) is 4. The van der Waals surface area contributed by atoms with E-state index >= 15 is 0 Å². The van der Waals surface area contributed by atoms with Gasteiger partial charge in [-0.3, -0.25) is 9.59 Å². The third-order valence-corrected chi connectivity index (χ3v) is 10.9. The molecule has 2 amide bonds. The highest BCUT2D eigenvalue weighted by Crippen LogP contribution is 2.66. The SMILES string of the molecule is CCN(C(=O)C12CC1c1cc(OC)ccc1-c1c(C3CCCCC3)c3ccc(C(=O)NC)cc3n1C2)/C(C)=C/NCc1ccccc1. The van der Waals surface area contributed by atoms with Crippen LogP contribution in [0.3, 0.4) is 0 Å². The van der Waals surface area contributed by atoms with Gasteiger partial charge >= 0.3 is 0 Å². The first-order chi connectivity index (χ1) is 22.9. The van der Waals surface area contributed by atoms with Crippen molar-refractivity contribution in [3.05, 3.63) is 101 Å². The maximum atomic E-state index is 14.9. The van der Waals surface area contributed by atoms with E-state index in [0.717, 1.165) is 36.2 Å². The number of nitrogens with one attached hydrogen (secondary N) is 2. The molecule has 0 radical (unpaired) electrons. The topological polar surface area (TPSA) is 75.6 Å². The molecule has 1 aliphatic heterocycles. The highest BCUT2D eigenvalue weighted by atomic mass is 16.5. The summed E-state index contributed by atoms with van der Waals surface area (Å²) in [5, 5.41) is 7.44. The molecule has 2 aliphatic carbocycles. The summed E-state index contributed by atoms with van der Waals surface area (Å²) in [6, 6.07) is 22.9. The Labute approximate surface area is 278 Å². The van der Waals surface area contributed by atoms with Crippen molar-refractivity contribution >= 4 is 22.7 Å². The second-order valence-corrected chi connectivity index (χ2v) is 13.6. The van der Waals surface area contributed by atoms with Crippen LogP contribution in [0.4, 0.5) is 0 Å². The van der Waals surface area contributed by atoms with Gasteiger partial charge in [-0.2, -0.15) is 0 Å². The van der Waals surface area contributed by atoms with Crippen molar-refractivity contribution in [3.8, 4) is 17.0 Å². The zero-order valence-electron chi connectivity index (χ0n) is 28.1. The average Bonchev–Trinajstić information content (AvgIpc) is 3.78. The minimum absolute atomic E-state index is 0.0792. The first kappa shape index (κ1) is 31.1. The first-order valence-electron chi connectivity index (χ1n) is 17.2. The zero-order chi connectivity index (χ0) is 32.7. The summed E-state index contributed by atoms with van der Waals surface area (Å²) < 4.78 is 8.16. The normalized spacial score (nSPS) is 20.4. The monoisotopic (exact) mass is 630 g/mol. The quantitative estimate of drug-likeness (QED) is 0.199. The Bertz CT molecular complexity index is 1850. The molecule has 2 atom stereocenters. The number of benzene rings is 3.